The average molecular weight is 307 g/mol. The predicted molar refractivity (Wildman–Crippen MR) is 83.7 cm³/mol. The standard InChI is InChI=1S/C16H25N3O3/c1-16(2,20-3)6-8-22-15-14(18)9-12(10-17)19(15)11-13-5-4-7-21-13/h9,13H,4-8,11,18H2,1-3H3/t13-/m1/s1. The number of nitrogens with zero attached hydrogens (tertiary/aromatic N) is 2. The van der Waals surface area contributed by atoms with Crippen molar-refractivity contribution >= 4 is 5.69 Å². The number of nitrogens with two attached hydrogens (primary N) is 1. The summed E-state index contributed by atoms with van der Waals surface area (Å²) in [5, 5.41) is 9.28. The Morgan fingerprint density at radius 1 is 1.55 bits per heavy atom. The van der Waals surface area contributed by atoms with E-state index in [4.69, 9.17) is 19.9 Å². The molecule has 1 saturated heterocycles. The Morgan fingerprint density at radius 3 is 2.91 bits per heavy atom. The molecule has 22 heavy (non-hydrogen) atoms. The molecule has 122 valence electrons. The van der Waals surface area contributed by atoms with Gasteiger partial charge in [-0.2, -0.15) is 5.26 Å². The van der Waals surface area contributed by atoms with Crippen LogP contribution in [0.15, 0.2) is 6.07 Å². The van der Waals surface area contributed by atoms with Crippen molar-refractivity contribution in [2.75, 3.05) is 26.1 Å². The van der Waals surface area contributed by atoms with E-state index in [2.05, 4.69) is 6.07 Å². The molecule has 0 unspecified atom stereocenters. The lowest BCUT2D eigenvalue weighted by Crippen LogP contribution is -2.26. The van der Waals surface area contributed by atoms with E-state index >= 15 is 0 Å². The highest BCUT2D eigenvalue weighted by Gasteiger charge is 2.23. The summed E-state index contributed by atoms with van der Waals surface area (Å²) in [6.45, 7) is 5.87. The summed E-state index contributed by atoms with van der Waals surface area (Å²) in [4.78, 5) is 0. The van der Waals surface area contributed by atoms with Gasteiger partial charge in [-0.3, -0.25) is 4.57 Å². The van der Waals surface area contributed by atoms with Crippen molar-refractivity contribution in [2.45, 2.75) is 51.4 Å². The van der Waals surface area contributed by atoms with Crippen LogP contribution in [-0.4, -0.2) is 36.6 Å². The monoisotopic (exact) mass is 307 g/mol. The van der Waals surface area contributed by atoms with Gasteiger partial charge in [0.2, 0.25) is 5.88 Å². The summed E-state index contributed by atoms with van der Waals surface area (Å²) in [6, 6.07) is 3.83. The third-order valence-corrected chi connectivity index (χ3v) is 4.10. The minimum absolute atomic E-state index is 0.122. The van der Waals surface area contributed by atoms with E-state index in [1.807, 2.05) is 18.4 Å². The van der Waals surface area contributed by atoms with Crippen LogP contribution in [0.1, 0.15) is 38.8 Å². The lowest BCUT2D eigenvalue weighted by Gasteiger charge is -2.23. The molecule has 6 heteroatoms. The van der Waals surface area contributed by atoms with Gasteiger partial charge in [0.15, 0.2) is 0 Å². The number of nitriles is 1. The van der Waals surface area contributed by atoms with Gasteiger partial charge in [0, 0.05) is 26.2 Å². The summed E-state index contributed by atoms with van der Waals surface area (Å²) in [7, 11) is 1.68. The molecule has 0 saturated carbocycles. The Bertz CT molecular complexity index is 540. The van der Waals surface area contributed by atoms with Crippen LogP contribution in [0.3, 0.4) is 0 Å². The van der Waals surface area contributed by atoms with E-state index in [9.17, 15) is 5.26 Å². The van der Waals surface area contributed by atoms with Gasteiger partial charge in [0.25, 0.3) is 0 Å². The first kappa shape index (κ1) is 16.7. The van der Waals surface area contributed by atoms with Crippen molar-refractivity contribution in [3.05, 3.63) is 11.8 Å². The molecule has 0 bridgehead atoms. The number of hydrogen-bond donors (Lipinski definition) is 1. The molecule has 0 radical (unpaired) electrons. The van der Waals surface area contributed by atoms with E-state index in [1.165, 1.54) is 0 Å². The highest BCUT2D eigenvalue weighted by Crippen LogP contribution is 2.29. The molecule has 1 aromatic heterocycles. The lowest BCUT2D eigenvalue weighted by molar-refractivity contribution is 0.00453. The van der Waals surface area contributed by atoms with E-state index in [1.54, 1.807) is 13.2 Å². The molecule has 0 aromatic carbocycles. The lowest BCUT2D eigenvalue weighted by atomic mass is 10.1. The van der Waals surface area contributed by atoms with Crippen molar-refractivity contribution in [1.29, 1.82) is 5.26 Å². The number of hydrogen-bond acceptors (Lipinski definition) is 5. The van der Waals surface area contributed by atoms with Crippen LogP contribution in [0.25, 0.3) is 0 Å². The molecular weight excluding hydrogens is 282 g/mol. The minimum atomic E-state index is -0.251. The fourth-order valence-electron chi connectivity index (χ4n) is 2.47. The Balaban J connectivity index is 2.08. The number of nitrogen functional groups attached to an aromatic ring is 1. The number of ether oxygens (including phenoxy) is 3. The Morgan fingerprint density at radius 2 is 2.32 bits per heavy atom. The van der Waals surface area contributed by atoms with E-state index < -0.39 is 0 Å². The fourth-order valence-corrected chi connectivity index (χ4v) is 2.47. The van der Waals surface area contributed by atoms with E-state index in [0.717, 1.165) is 25.9 Å². The molecule has 6 nitrogen and oxygen atoms in total. The molecule has 0 amide bonds. The largest absolute Gasteiger partial charge is 0.477 e. The molecule has 1 aromatic rings. The molecule has 1 fully saturated rings. The molecule has 2 rings (SSSR count). The normalized spacial score (nSPS) is 18.4. The van der Waals surface area contributed by atoms with Crippen molar-refractivity contribution < 1.29 is 14.2 Å². The van der Waals surface area contributed by atoms with Crippen molar-refractivity contribution in [3.63, 3.8) is 0 Å². The highest BCUT2D eigenvalue weighted by atomic mass is 16.5. The first-order valence-corrected chi connectivity index (χ1v) is 7.65. The Kier molecular flexibility index (Phi) is 5.33. The molecular formula is C16H25N3O3. The molecule has 0 spiro atoms. The van der Waals surface area contributed by atoms with Crippen LogP contribution in [0.5, 0.6) is 5.88 Å². The molecule has 2 N–H and O–H groups in total. The van der Waals surface area contributed by atoms with Crippen molar-refractivity contribution in [3.8, 4) is 11.9 Å². The quantitative estimate of drug-likeness (QED) is 0.836. The van der Waals surface area contributed by atoms with Gasteiger partial charge in [-0.05, 0) is 26.7 Å². The van der Waals surface area contributed by atoms with Crippen LogP contribution in [0, 0.1) is 11.3 Å². The first-order valence-electron chi connectivity index (χ1n) is 7.65. The number of aromatic nitrogens is 1. The van der Waals surface area contributed by atoms with Gasteiger partial charge in [-0.15, -0.1) is 0 Å². The van der Waals surface area contributed by atoms with Gasteiger partial charge in [-0.1, -0.05) is 0 Å². The maximum atomic E-state index is 9.28. The zero-order valence-electron chi connectivity index (χ0n) is 13.6. The fraction of sp³-hybridized carbons (Fsp3) is 0.688. The summed E-state index contributed by atoms with van der Waals surface area (Å²) >= 11 is 0. The Hall–Kier alpha value is -1.71. The number of rotatable bonds is 7. The van der Waals surface area contributed by atoms with Gasteiger partial charge >= 0.3 is 0 Å². The Labute approximate surface area is 131 Å². The maximum Gasteiger partial charge on any atom is 0.218 e. The van der Waals surface area contributed by atoms with Crippen LogP contribution >= 0.6 is 0 Å². The second-order valence-electron chi connectivity index (χ2n) is 6.21. The third-order valence-electron chi connectivity index (χ3n) is 4.10. The SMILES string of the molecule is COC(C)(C)CCOc1c(N)cc(C#N)n1C[C@H]1CCCO1. The van der Waals surface area contributed by atoms with Crippen LogP contribution in [-0.2, 0) is 16.0 Å². The van der Waals surface area contributed by atoms with Crippen LogP contribution in [0.4, 0.5) is 5.69 Å². The first-order chi connectivity index (χ1) is 10.5. The molecule has 1 atom stereocenters. The van der Waals surface area contributed by atoms with Crippen molar-refractivity contribution in [1.82, 2.24) is 4.57 Å². The highest BCUT2D eigenvalue weighted by molar-refractivity contribution is 5.55. The summed E-state index contributed by atoms with van der Waals surface area (Å²) in [5.41, 5.74) is 6.75. The number of methoxy groups -OCH3 is 1. The van der Waals surface area contributed by atoms with Gasteiger partial charge in [0.1, 0.15) is 11.8 Å². The molecule has 1 aliphatic rings. The maximum absolute atomic E-state index is 9.28. The molecule has 2 heterocycles. The molecule has 0 aliphatic carbocycles. The summed E-state index contributed by atoms with van der Waals surface area (Å²) in [5.74, 6) is 0.555. The summed E-state index contributed by atoms with van der Waals surface area (Å²) in [6.07, 6.45) is 2.91. The smallest absolute Gasteiger partial charge is 0.218 e. The van der Waals surface area contributed by atoms with Gasteiger partial charge in [-0.25, -0.2) is 0 Å². The van der Waals surface area contributed by atoms with Gasteiger partial charge in [0.05, 0.1) is 30.5 Å². The van der Waals surface area contributed by atoms with Crippen molar-refractivity contribution in [2.24, 2.45) is 0 Å². The topological polar surface area (TPSA) is 82.4 Å². The minimum Gasteiger partial charge on any atom is -0.477 e. The zero-order chi connectivity index (χ0) is 16.2. The van der Waals surface area contributed by atoms with Crippen LogP contribution < -0.4 is 10.5 Å². The molecule has 1 aliphatic heterocycles. The number of anilines is 1. The third kappa shape index (κ3) is 3.93. The van der Waals surface area contributed by atoms with Crippen LogP contribution in [0.2, 0.25) is 0 Å². The second-order valence-corrected chi connectivity index (χ2v) is 6.21. The second kappa shape index (κ2) is 7.03. The van der Waals surface area contributed by atoms with E-state index in [-0.39, 0.29) is 11.7 Å². The van der Waals surface area contributed by atoms with Gasteiger partial charge < -0.3 is 19.9 Å². The predicted octanol–water partition coefficient (Wildman–Crippen LogP) is 2.31. The average Bonchev–Trinajstić information content (AvgIpc) is 3.09. The summed E-state index contributed by atoms with van der Waals surface area (Å²) < 4.78 is 18.7. The van der Waals surface area contributed by atoms with E-state index in [0.29, 0.717) is 30.4 Å². The zero-order valence-corrected chi connectivity index (χ0v) is 13.6.